The third kappa shape index (κ3) is 4.09. The summed E-state index contributed by atoms with van der Waals surface area (Å²) in [5.74, 6) is -3.19. The van der Waals surface area contributed by atoms with E-state index in [0.29, 0.717) is 0 Å². The molecule has 23 heavy (non-hydrogen) atoms. The van der Waals surface area contributed by atoms with Gasteiger partial charge in [0.15, 0.2) is 11.6 Å². The molecule has 130 valence electrons. The second kappa shape index (κ2) is 6.13. The van der Waals surface area contributed by atoms with Crippen LogP contribution in [0.2, 0.25) is 0 Å². The van der Waals surface area contributed by atoms with Gasteiger partial charge in [-0.2, -0.15) is 8.42 Å². The molecular weight excluding hydrogens is 341 g/mol. The molecule has 0 spiro atoms. The monoisotopic (exact) mass is 363 g/mol. The summed E-state index contributed by atoms with van der Waals surface area (Å²) in [7, 11) is -4.14. The van der Waals surface area contributed by atoms with Gasteiger partial charge in [-0.1, -0.05) is 0 Å². The molecule has 11 heteroatoms. The van der Waals surface area contributed by atoms with Crippen molar-refractivity contribution in [3.05, 3.63) is 0 Å². The van der Waals surface area contributed by atoms with Gasteiger partial charge < -0.3 is 23.7 Å². The summed E-state index contributed by atoms with van der Waals surface area (Å²) in [4.78, 5) is 0. The van der Waals surface area contributed by atoms with Gasteiger partial charge in [0.05, 0.1) is 6.61 Å². The van der Waals surface area contributed by atoms with Gasteiger partial charge in [0.1, 0.15) is 24.9 Å². The van der Waals surface area contributed by atoms with Gasteiger partial charge in [0, 0.05) is 0 Å². The Morgan fingerprint density at radius 1 is 1.13 bits per heavy atom. The molecule has 9 nitrogen and oxygen atoms in total. The van der Waals surface area contributed by atoms with E-state index in [2.05, 4.69) is 0 Å². The Morgan fingerprint density at radius 2 is 1.78 bits per heavy atom. The normalized spacial score (nSPS) is 41.0. The van der Waals surface area contributed by atoms with E-state index in [0.717, 1.165) is 0 Å². The van der Waals surface area contributed by atoms with Crippen molar-refractivity contribution >= 4 is 39.9 Å². The van der Waals surface area contributed by atoms with Crippen molar-refractivity contribution in [2.45, 2.75) is 63.4 Å². The molecule has 0 aliphatic carbocycles. The van der Waals surface area contributed by atoms with E-state index in [-0.39, 0.29) is 42.3 Å². The fourth-order valence-corrected chi connectivity index (χ4v) is 3.44. The average molecular weight is 363 g/mol. The molecule has 0 bridgehead atoms. The fraction of sp³-hybridized carbons (Fsp3) is 1.00. The summed E-state index contributed by atoms with van der Waals surface area (Å²) >= 11 is 0. The van der Waals surface area contributed by atoms with E-state index in [1.165, 1.54) is 0 Å². The summed E-state index contributed by atoms with van der Waals surface area (Å²) in [5.41, 5.74) is 0. The summed E-state index contributed by atoms with van der Waals surface area (Å²) < 4.78 is 55.9. The Kier molecular flexibility index (Phi) is 5.33. The second-order valence-corrected chi connectivity index (χ2v) is 7.78. The van der Waals surface area contributed by atoms with Crippen LogP contribution in [0, 0.1) is 0 Å². The molecule has 0 radical (unpaired) electrons. The van der Waals surface area contributed by atoms with Gasteiger partial charge in [-0.25, -0.2) is 5.14 Å². The third-order valence-corrected chi connectivity index (χ3v) is 4.15. The van der Waals surface area contributed by atoms with Crippen molar-refractivity contribution in [2.75, 3.05) is 13.2 Å². The second-order valence-electron chi connectivity index (χ2n) is 6.56. The minimum atomic E-state index is -4.14. The maximum atomic E-state index is 11.1. The summed E-state index contributed by atoms with van der Waals surface area (Å²) in [6.07, 6.45) is -1.50. The Labute approximate surface area is 157 Å². The number of ether oxygens (including phenoxy) is 5. The number of hydrogen-bond acceptors (Lipinski definition) is 8. The topological polar surface area (TPSA) is 116 Å². The van der Waals surface area contributed by atoms with Crippen LogP contribution in [0.3, 0.4) is 0 Å². The van der Waals surface area contributed by atoms with Crippen molar-refractivity contribution in [2.24, 2.45) is 5.14 Å². The zero-order valence-corrected chi connectivity index (χ0v) is 13.7. The van der Waals surface area contributed by atoms with Crippen LogP contribution in [-0.4, -0.2) is 86.9 Å². The van der Waals surface area contributed by atoms with E-state index in [1.807, 2.05) is 0 Å². The molecule has 0 aromatic rings. The molecule has 2 N–H and O–H groups in total. The first kappa shape index (κ1) is 20.0. The molecule has 3 rings (SSSR count). The van der Waals surface area contributed by atoms with Crippen LogP contribution in [0.15, 0.2) is 0 Å². The molecular formula is C12H22NNaO8S. The molecule has 0 unspecified atom stereocenters. The molecule has 0 amide bonds. The summed E-state index contributed by atoms with van der Waals surface area (Å²) in [6.45, 7) is 6.71. The molecule has 3 saturated heterocycles. The van der Waals surface area contributed by atoms with Crippen LogP contribution in [-0.2, 0) is 38.2 Å². The van der Waals surface area contributed by atoms with Crippen LogP contribution < -0.4 is 5.14 Å². The van der Waals surface area contributed by atoms with Gasteiger partial charge in [-0.05, 0) is 27.7 Å². The minimum absolute atomic E-state index is 0. The zero-order chi connectivity index (χ0) is 16.4. The number of fused-ring (bicyclic) bond motifs is 3. The van der Waals surface area contributed by atoms with E-state index < -0.39 is 46.5 Å². The van der Waals surface area contributed by atoms with E-state index in [1.54, 1.807) is 27.7 Å². The fourth-order valence-electron chi connectivity index (χ4n) is 3.11. The number of rotatable bonds is 3. The quantitative estimate of drug-likeness (QED) is 0.632. The molecule has 0 saturated carbocycles. The van der Waals surface area contributed by atoms with Gasteiger partial charge in [-0.15, -0.1) is 0 Å². The molecule has 0 aromatic carbocycles. The summed E-state index contributed by atoms with van der Waals surface area (Å²) in [5, 5.41) is 4.89. The SMILES string of the molecule is CC1(C)O[C@@H]2[C@@H](CO[C@@]3(COS(N)(=O)=O)OC(C)(C)O[C@@H]23)O1.[NaH]. The van der Waals surface area contributed by atoms with E-state index >= 15 is 0 Å². The van der Waals surface area contributed by atoms with Crippen LogP contribution >= 0.6 is 0 Å². The molecule has 3 aliphatic heterocycles. The number of hydrogen-bond donors (Lipinski definition) is 1. The first-order chi connectivity index (χ1) is 9.92. The van der Waals surface area contributed by atoms with Crippen molar-refractivity contribution in [3.63, 3.8) is 0 Å². The Morgan fingerprint density at radius 3 is 2.39 bits per heavy atom. The molecule has 3 heterocycles. The number of nitrogens with two attached hydrogens (primary N) is 1. The van der Waals surface area contributed by atoms with Crippen LogP contribution in [0.5, 0.6) is 0 Å². The van der Waals surface area contributed by atoms with E-state index in [4.69, 9.17) is 33.0 Å². The molecule has 4 atom stereocenters. The third-order valence-electron chi connectivity index (χ3n) is 3.70. The van der Waals surface area contributed by atoms with Crippen LogP contribution in [0.25, 0.3) is 0 Å². The zero-order valence-electron chi connectivity index (χ0n) is 12.9. The van der Waals surface area contributed by atoms with Crippen molar-refractivity contribution < 1.29 is 36.3 Å². The van der Waals surface area contributed by atoms with Gasteiger partial charge in [0.2, 0.25) is 5.79 Å². The standard InChI is InChI=1S/C12H21NO8S.Na.H/c1-10(2)18-7-5-16-12(6-17-22(13,14)15)9(8(7)19-10)20-11(3,4)21-12;;/h7-9H,5-6H2,1-4H3,(H2,13,14,15);;/t7-,8-,9+,12+;;/m1../s1. The van der Waals surface area contributed by atoms with Crippen molar-refractivity contribution in [3.8, 4) is 0 Å². The van der Waals surface area contributed by atoms with Crippen molar-refractivity contribution in [1.82, 2.24) is 0 Å². The molecule has 0 aromatic heterocycles. The van der Waals surface area contributed by atoms with Gasteiger partial charge in [-0.3, -0.25) is 4.18 Å². The predicted molar refractivity (Wildman–Crippen MR) is 78.8 cm³/mol. The Bertz CT molecular complexity index is 567. The van der Waals surface area contributed by atoms with Gasteiger partial charge >= 0.3 is 39.9 Å². The Balaban J connectivity index is 0.00000192. The van der Waals surface area contributed by atoms with Crippen LogP contribution in [0.1, 0.15) is 27.7 Å². The Hall–Kier alpha value is 0.670. The van der Waals surface area contributed by atoms with Crippen LogP contribution in [0.4, 0.5) is 0 Å². The van der Waals surface area contributed by atoms with Gasteiger partial charge in [0.25, 0.3) is 0 Å². The molecule has 3 fully saturated rings. The predicted octanol–water partition coefficient (Wildman–Crippen LogP) is -1.04. The average Bonchev–Trinajstić information content (AvgIpc) is 2.78. The summed E-state index contributed by atoms with van der Waals surface area (Å²) in [6, 6.07) is 0. The van der Waals surface area contributed by atoms with Crippen molar-refractivity contribution in [1.29, 1.82) is 0 Å². The van der Waals surface area contributed by atoms with E-state index in [9.17, 15) is 8.42 Å². The maximum absolute atomic E-state index is 11.1. The first-order valence-corrected chi connectivity index (χ1v) is 8.43. The first-order valence-electron chi connectivity index (χ1n) is 6.96. The molecule has 3 aliphatic rings.